The summed E-state index contributed by atoms with van der Waals surface area (Å²) in [6.07, 6.45) is 0. The third-order valence-corrected chi connectivity index (χ3v) is 11.5. The molecule has 10 rings (SSSR count). The molecule has 8 aromatic rings. The summed E-state index contributed by atoms with van der Waals surface area (Å²) in [6.45, 7) is 4.70. The lowest BCUT2D eigenvalue weighted by Gasteiger charge is -2.41. The van der Waals surface area contributed by atoms with E-state index < -0.39 is 5.60 Å². The topological polar surface area (TPSA) is 12.5 Å². The molecule has 1 aliphatic heterocycles. The Bertz CT molecular complexity index is 2620. The van der Waals surface area contributed by atoms with Crippen molar-refractivity contribution in [2.45, 2.75) is 24.9 Å². The Morgan fingerprint density at radius 3 is 1.54 bits per heavy atom. The average molecular weight is 694 g/mol. The minimum absolute atomic E-state index is 0.139. The first-order valence-electron chi connectivity index (χ1n) is 18.8. The molecule has 8 aromatic carbocycles. The standard InChI is InChI=1S/C52H39NO/c1-51(2)46-27-15-12-25-42(46)44-32-30-39(34-48(44)51)53(49-29-17-14-24-41(49)36-18-6-3-7-19-36)40-31-33-45-43-26-13-16-28-47(43)52(54-50(45)35-40,37-20-8-4-9-21-37)38-22-10-5-11-23-38/h3-35H,1-2H3. The van der Waals surface area contributed by atoms with Crippen molar-refractivity contribution in [3.8, 4) is 39.1 Å². The van der Waals surface area contributed by atoms with Crippen LogP contribution in [0.3, 0.4) is 0 Å². The summed E-state index contributed by atoms with van der Waals surface area (Å²) in [5, 5.41) is 0. The fourth-order valence-corrected chi connectivity index (χ4v) is 8.93. The van der Waals surface area contributed by atoms with E-state index in [1.165, 1.54) is 33.4 Å². The van der Waals surface area contributed by atoms with Gasteiger partial charge in [0, 0.05) is 50.7 Å². The molecule has 0 atom stereocenters. The smallest absolute Gasteiger partial charge is 0.185 e. The monoisotopic (exact) mass is 693 g/mol. The zero-order chi connectivity index (χ0) is 36.3. The van der Waals surface area contributed by atoms with E-state index in [0.29, 0.717) is 0 Å². The first-order valence-corrected chi connectivity index (χ1v) is 18.8. The van der Waals surface area contributed by atoms with Gasteiger partial charge in [-0.2, -0.15) is 0 Å². The summed E-state index contributed by atoms with van der Waals surface area (Å²) in [4.78, 5) is 2.42. The molecule has 0 unspecified atom stereocenters. The normalized spacial score (nSPS) is 14.2. The number of anilines is 3. The Kier molecular flexibility index (Phi) is 7.42. The van der Waals surface area contributed by atoms with Crippen LogP contribution >= 0.6 is 0 Å². The molecule has 1 aliphatic carbocycles. The number of fused-ring (bicyclic) bond motifs is 6. The van der Waals surface area contributed by atoms with Crippen molar-refractivity contribution in [1.82, 2.24) is 0 Å². The fourth-order valence-electron chi connectivity index (χ4n) is 8.93. The molecule has 1 heterocycles. The summed E-state index contributed by atoms with van der Waals surface area (Å²) in [5.41, 5.74) is 15.5. The first kappa shape index (κ1) is 32.0. The molecule has 258 valence electrons. The average Bonchev–Trinajstić information content (AvgIpc) is 3.47. The number of benzene rings is 8. The zero-order valence-electron chi connectivity index (χ0n) is 30.4. The summed E-state index contributed by atoms with van der Waals surface area (Å²) in [7, 11) is 0. The highest BCUT2D eigenvalue weighted by Crippen LogP contribution is 2.55. The van der Waals surface area contributed by atoms with Crippen molar-refractivity contribution >= 4 is 17.1 Å². The highest BCUT2D eigenvalue weighted by atomic mass is 16.5. The van der Waals surface area contributed by atoms with Crippen LogP contribution in [0.15, 0.2) is 200 Å². The molecule has 0 bridgehead atoms. The lowest BCUT2D eigenvalue weighted by Crippen LogP contribution is -2.38. The van der Waals surface area contributed by atoms with Crippen LogP contribution in [-0.2, 0) is 11.0 Å². The van der Waals surface area contributed by atoms with E-state index in [4.69, 9.17) is 4.74 Å². The highest BCUT2D eigenvalue weighted by molar-refractivity contribution is 5.92. The van der Waals surface area contributed by atoms with E-state index in [9.17, 15) is 0 Å². The molecular weight excluding hydrogens is 655 g/mol. The molecule has 54 heavy (non-hydrogen) atoms. The Balaban J connectivity index is 1.21. The molecule has 0 saturated heterocycles. The van der Waals surface area contributed by atoms with Crippen molar-refractivity contribution < 1.29 is 4.74 Å². The van der Waals surface area contributed by atoms with Gasteiger partial charge in [0.2, 0.25) is 0 Å². The summed E-state index contributed by atoms with van der Waals surface area (Å²) in [6, 6.07) is 72.1. The Morgan fingerprint density at radius 1 is 0.389 bits per heavy atom. The minimum Gasteiger partial charge on any atom is -0.472 e. The number of nitrogens with zero attached hydrogens (tertiary/aromatic N) is 1. The van der Waals surface area contributed by atoms with Crippen LogP contribution in [-0.4, -0.2) is 0 Å². The van der Waals surface area contributed by atoms with Gasteiger partial charge in [-0.3, -0.25) is 0 Å². The van der Waals surface area contributed by atoms with Gasteiger partial charge in [-0.05, 0) is 63.7 Å². The van der Waals surface area contributed by atoms with Gasteiger partial charge in [-0.25, -0.2) is 0 Å². The molecule has 0 aromatic heterocycles. The maximum atomic E-state index is 7.52. The van der Waals surface area contributed by atoms with Gasteiger partial charge in [0.05, 0.1) is 5.69 Å². The Hall–Kier alpha value is -6.64. The van der Waals surface area contributed by atoms with Crippen molar-refractivity contribution in [2.75, 3.05) is 4.90 Å². The van der Waals surface area contributed by atoms with E-state index in [1.807, 2.05) is 0 Å². The van der Waals surface area contributed by atoms with Crippen LogP contribution in [0, 0.1) is 0 Å². The van der Waals surface area contributed by atoms with E-state index in [2.05, 4.69) is 219 Å². The van der Waals surface area contributed by atoms with Crippen LogP contribution in [0.4, 0.5) is 17.1 Å². The summed E-state index contributed by atoms with van der Waals surface area (Å²) in [5.74, 6) is 0.843. The van der Waals surface area contributed by atoms with Crippen molar-refractivity contribution in [1.29, 1.82) is 0 Å². The summed E-state index contributed by atoms with van der Waals surface area (Å²) >= 11 is 0. The zero-order valence-corrected chi connectivity index (χ0v) is 30.4. The van der Waals surface area contributed by atoms with Crippen LogP contribution in [0.1, 0.15) is 41.7 Å². The predicted octanol–water partition coefficient (Wildman–Crippen LogP) is 13.5. The lowest BCUT2D eigenvalue weighted by molar-refractivity contribution is 0.152. The SMILES string of the molecule is CC1(C)c2ccccc2-c2ccc(N(c3ccc4c(c3)OC(c3ccccc3)(c3ccccc3)c3ccccc3-4)c3ccccc3-c3ccccc3)cc21. The van der Waals surface area contributed by atoms with Gasteiger partial charge in [-0.15, -0.1) is 0 Å². The maximum absolute atomic E-state index is 7.52. The van der Waals surface area contributed by atoms with Gasteiger partial charge in [0.15, 0.2) is 5.60 Å². The maximum Gasteiger partial charge on any atom is 0.185 e. The molecule has 2 heteroatoms. The van der Waals surface area contributed by atoms with Crippen LogP contribution in [0.5, 0.6) is 5.75 Å². The number of para-hydroxylation sites is 1. The van der Waals surface area contributed by atoms with Crippen molar-refractivity contribution in [3.05, 3.63) is 228 Å². The molecule has 0 spiro atoms. The fraction of sp³-hybridized carbons (Fsp3) is 0.0769. The van der Waals surface area contributed by atoms with Crippen molar-refractivity contribution in [3.63, 3.8) is 0 Å². The predicted molar refractivity (Wildman–Crippen MR) is 223 cm³/mol. The van der Waals surface area contributed by atoms with Gasteiger partial charge in [0.1, 0.15) is 5.75 Å². The van der Waals surface area contributed by atoms with Crippen LogP contribution in [0.2, 0.25) is 0 Å². The second kappa shape index (κ2) is 12.5. The number of rotatable bonds is 6. The molecule has 0 radical (unpaired) electrons. The van der Waals surface area contributed by atoms with E-state index in [1.54, 1.807) is 0 Å². The third kappa shape index (κ3) is 4.87. The molecule has 2 nitrogen and oxygen atoms in total. The second-order valence-corrected chi connectivity index (χ2v) is 14.9. The van der Waals surface area contributed by atoms with Crippen LogP contribution < -0.4 is 9.64 Å². The first-order chi connectivity index (χ1) is 26.5. The number of hydrogen-bond donors (Lipinski definition) is 0. The van der Waals surface area contributed by atoms with Crippen molar-refractivity contribution in [2.24, 2.45) is 0 Å². The second-order valence-electron chi connectivity index (χ2n) is 14.9. The molecule has 2 aliphatic rings. The van der Waals surface area contributed by atoms with E-state index >= 15 is 0 Å². The minimum atomic E-state index is -0.846. The Morgan fingerprint density at radius 2 is 0.870 bits per heavy atom. The molecule has 0 amide bonds. The van der Waals surface area contributed by atoms with Gasteiger partial charge < -0.3 is 9.64 Å². The third-order valence-electron chi connectivity index (χ3n) is 11.5. The van der Waals surface area contributed by atoms with Gasteiger partial charge in [0.25, 0.3) is 0 Å². The number of hydrogen-bond acceptors (Lipinski definition) is 2. The van der Waals surface area contributed by atoms with Gasteiger partial charge in [-0.1, -0.05) is 178 Å². The molecule has 0 saturated carbocycles. The highest BCUT2D eigenvalue weighted by Gasteiger charge is 2.44. The lowest BCUT2D eigenvalue weighted by atomic mass is 9.75. The molecular formula is C52H39NO. The van der Waals surface area contributed by atoms with E-state index in [-0.39, 0.29) is 5.41 Å². The molecule has 0 N–H and O–H groups in total. The quantitative estimate of drug-likeness (QED) is 0.172. The largest absolute Gasteiger partial charge is 0.472 e. The van der Waals surface area contributed by atoms with E-state index in [0.717, 1.165) is 50.6 Å². The van der Waals surface area contributed by atoms with Gasteiger partial charge >= 0.3 is 0 Å². The Labute approximate surface area is 317 Å². The summed E-state index contributed by atoms with van der Waals surface area (Å²) < 4.78 is 7.52. The molecule has 0 fully saturated rings. The van der Waals surface area contributed by atoms with Crippen LogP contribution in [0.25, 0.3) is 33.4 Å². The number of ether oxygens (including phenoxy) is 1.